The van der Waals surface area contributed by atoms with Crippen molar-refractivity contribution in [3.8, 4) is 0 Å². The monoisotopic (exact) mass is 361 g/mol. The van der Waals surface area contributed by atoms with Gasteiger partial charge in [0.25, 0.3) is 0 Å². The first-order valence-electron chi connectivity index (χ1n) is 5.18. The van der Waals surface area contributed by atoms with E-state index in [1.807, 2.05) is 0 Å². The van der Waals surface area contributed by atoms with Gasteiger partial charge in [-0.1, -0.05) is 5.16 Å². The number of nitrogens with zero attached hydrogens (tertiary/aromatic N) is 2. The van der Waals surface area contributed by atoms with Crippen LogP contribution in [-0.2, 0) is 16.6 Å². The van der Waals surface area contributed by atoms with Crippen LogP contribution < -0.4 is 4.72 Å². The molecule has 0 aliphatic rings. The van der Waals surface area contributed by atoms with Crippen LogP contribution in [0.1, 0.15) is 16.2 Å². The van der Waals surface area contributed by atoms with Gasteiger partial charge in [-0.25, -0.2) is 17.9 Å². The maximum atomic E-state index is 12.1. The summed E-state index contributed by atoms with van der Waals surface area (Å²) in [5, 5.41) is 12.3. The number of carboxylic acid groups (broad SMARTS) is 1. The minimum Gasteiger partial charge on any atom is -0.478 e. The molecule has 106 valence electrons. The second-order valence-corrected chi connectivity index (χ2v) is 6.21. The van der Waals surface area contributed by atoms with Crippen molar-refractivity contribution < 1.29 is 22.8 Å². The topological polar surface area (TPSA) is 122 Å². The Bertz CT molecular complexity index is 729. The highest BCUT2D eigenvalue weighted by atomic mass is 79.9. The van der Waals surface area contributed by atoms with Gasteiger partial charge in [0.1, 0.15) is 0 Å². The molecule has 0 radical (unpaired) electrons. The van der Waals surface area contributed by atoms with Crippen molar-refractivity contribution in [2.45, 2.75) is 11.4 Å². The fourth-order valence-corrected chi connectivity index (χ4v) is 3.41. The number of nitrogens with one attached hydrogen (secondary N) is 1. The van der Waals surface area contributed by atoms with E-state index in [-0.39, 0.29) is 27.3 Å². The van der Waals surface area contributed by atoms with E-state index in [0.717, 1.165) is 6.39 Å². The lowest BCUT2D eigenvalue weighted by atomic mass is 10.2. The molecule has 2 rings (SSSR count). The van der Waals surface area contributed by atoms with E-state index >= 15 is 0 Å². The molecule has 20 heavy (non-hydrogen) atoms. The smallest absolute Gasteiger partial charge is 0.335 e. The van der Waals surface area contributed by atoms with Crippen LogP contribution in [0.15, 0.2) is 38.5 Å². The molecule has 0 fully saturated rings. The first-order chi connectivity index (χ1) is 9.40. The van der Waals surface area contributed by atoms with E-state index in [9.17, 15) is 13.2 Å². The fourth-order valence-electron chi connectivity index (χ4n) is 1.36. The SMILES string of the molecule is O=C(O)c1ccc(S(=O)(=O)NCc2ncon2)c(Br)c1. The number of sulfonamides is 1. The summed E-state index contributed by atoms with van der Waals surface area (Å²) in [4.78, 5) is 14.4. The minimum atomic E-state index is -3.82. The molecule has 0 saturated carbocycles. The van der Waals surface area contributed by atoms with Crippen LogP contribution in [0.25, 0.3) is 0 Å². The number of carboxylic acids is 1. The molecular weight excluding hydrogens is 354 g/mol. The molecule has 1 aromatic carbocycles. The third-order valence-corrected chi connectivity index (χ3v) is 4.67. The summed E-state index contributed by atoms with van der Waals surface area (Å²) in [5.41, 5.74) is -0.0195. The zero-order valence-corrected chi connectivity index (χ0v) is 12.2. The molecule has 0 spiro atoms. The highest BCUT2D eigenvalue weighted by Gasteiger charge is 2.19. The maximum absolute atomic E-state index is 12.1. The second-order valence-electron chi connectivity index (χ2n) is 3.62. The Morgan fingerprint density at radius 3 is 2.75 bits per heavy atom. The van der Waals surface area contributed by atoms with Crippen molar-refractivity contribution >= 4 is 31.9 Å². The van der Waals surface area contributed by atoms with Gasteiger partial charge in [-0.05, 0) is 34.1 Å². The maximum Gasteiger partial charge on any atom is 0.335 e. The van der Waals surface area contributed by atoms with E-state index < -0.39 is 16.0 Å². The Labute approximate surface area is 122 Å². The summed E-state index contributed by atoms with van der Waals surface area (Å²) in [5.74, 6) is -0.957. The largest absolute Gasteiger partial charge is 0.478 e. The van der Waals surface area contributed by atoms with E-state index in [1.54, 1.807) is 0 Å². The predicted molar refractivity (Wildman–Crippen MR) is 69.4 cm³/mol. The Balaban J connectivity index is 2.23. The normalized spacial score (nSPS) is 11.4. The molecule has 10 heteroatoms. The molecule has 0 amide bonds. The first-order valence-corrected chi connectivity index (χ1v) is 7.45. The standard InChI is InChI=1S/C10H8BrN3O5S/c11-7-3-6(10(15)16)1-2-8(7)20(17,18)13-4-9-12-5-19-14-9/h1-3,5,13H,4H2,(H,15,16). The number of rotatable bonds is 5. The van der Waals surface area contributed by atoms with Crippen molar-refractivity contribution in [3.05, 3.63) is 40.5 Å². The van der Waals surface area contributed by atoms with Gasteiger partial charge >= 0.3 is 5.97 Å². The zero-order valence-electron chi connectivity index (χ0n) is 9.78. The average Bonchev–Trinajstić information content (AvgIpc) is 2.89. The molecule has 0 atom stereocenters. The second kappa shape index (κ2) is 5.69. The molecule has 0 aliphatic carbocycles. The van der Waals surface area contributed by atoms with Gasteiger partial charge < -0.3 is 9.63 Å². The molecular formula is C10H8BrN3O5S. The van der Waals surface area contributed by atoms with Crippen LogP contribution in [-0.4, -0.2) is 29.6 Å². The lowest BCUT2D eigenvalue weighted by Crippen LogP contribution is -2.24. The molecule has 1 heterocycles. The Hall–Kier alpha value is -1.78. The summed E-state index contributed by atoms with van der Waals surface area (Å²) in [7, 11) is -3.82. The third-order valence-electron chi connectivity index (χ3n) is 2.30. The van der Waals surface area contributed by atoms with Crippen LogP contribution in [0.5, 0.6) is 0 Å². The fraction of sp³-hybridized carbons (Fsp3) is 0.100. The summed E-state index contributed by atoms with van der Waals surface area (Å²) >= 11 is 3.04. The first kappa shape index (κ1) is 14.6. The Morgan fingerprint density at radius 1 is 1.45 bits per heavy atom. The van der Waals surface area contributed by atoms with Gasteiger partial charge in [-0.15, -0.1) is 0 Å². The molecule has 0 aliphatic heterocycles. The lowest BCUT2D eigenvalue weighted by Gasteiger charge is -2.07. The Morgan fingerprint density at radius 2 is 2.20 bits per heavy atom. The van der Waals surface area contributed by atoms with Crippen molar-refractivity contribution in [1.82, 2.24) is 14.9 Å². The highest BCUT2D eigenvalue weighted by molar-refractivity contribution is 9.10. The van der Waals surface area contributed by atoms with Crippen molar-refractivity contribution in [2.75, 3.05) is 0 Å². The number of hydrogen-bond donors (Lipinski definition) is 2. The highest BCUT2D eigenvalue weighted by Crippen LogP contribution is 2.23. The van der Waals surface area contributed by atoms with E-state index in [4.69, 9.17) is 5.11 Å². The van der Waals surface area contributed by atoms with Gasteiger partial charge in [0.05, 0.1) is 17.0 Å². The van der Waals surface area contributed by atoms with Crippen molar-refractivity contribution in [1.29, 1.82) is 0 Å². The number of hydrogen-bond acceptors (Lipinski definition) is 6. The minimum absolute atomic E-state index is 0.0195. The summed E-state index contributed by atoms with van der Waals surface area (Å²) in [6.07, 6.45) is 1.08. The van der Waals surface area contributed by atoms with Gasteiger partial charge in [-0.2, -0.15) is 4.98 Å². The number of halogens is 1. The number of aromatic carboxylic acids is 1. The summed E-state index contributed by atoms with van der Waals surface area (Å²) < 4.78 is 31.0. The molecule has 0 bridgehead atoms. The van der Waals surface area contributed by atoms with Crippen LogP contribution >= 0.6 is 15.9 Å². The quantitative estimate of drug-likeness (QED) is 0.814. The summed E-state index contributed by atoms with van der Waals surface area (Å²) in [6.45, 7) is -0.133. The molecule has 2 aromatic rings. The number of aromatic nitrogens is 2. The van der Waals surface area contributed by atoms with Gasteiger partial charge in [0.15, 0.2) is 5.82 Å². The van der Waals surface area contributed by atoms with Gasteiger partial charge in [-0.3, -0.25) is 0 Å². The van der Waals surface area contributed by atoms with Crippen LogP contribution in [0, 0.1) is 0 Å². The zero-order chi connectivity index (χ0) is 14.8. The number of carbonyl (C=O) groups is 1. The lowest BCUT2D eigenvalue weighted by molar-refractivity contribution is 0.0696. The molecule has 8 nitrogen and oxygen atoms in total. The Kier molecular flexibility index (Phi) is 4.16. The molecule has 1 aromatic heterocycles. The molecule has 2 N–H and O–H groups in total. The van der Waals surface area contributed by atoms with E-state index in [0.29, 0.717) is 0 Å². The van der Waals surface area contributed by atoms with Gasteiger partial charge in [0.2, 0.25) is 16.4 Å². The van der Waals surface area contributed by atoms with Crippen LogP contribution in [0.4, 0.5) is 0 Å². The predicted octanol–water partition coefficient (Wildman–Crippen LogP) is 1.01. The number of benzene rings is 1. The van der Waals surface area contributed by atoms with Crippen molar-refractivity contribution in [2.24, 2.45) is 0 Å². The van der Waals surface area contributed by atoms with E-state index in [2.05, 4.69) is 35.3 Å². The molecule has 0 unspecified atom stereocenters. The van der Waals surface area contributed by atoms with E-state index in [1.165, 1.54) is 18.2 Å². The van der Waals surface area contributed by atoms with Crippen LogP contribution in [0.3, 0.4) is 0 Å². The summed E-state index contributed by atoms with van der Waals surface area (Å²) in [6, 6.07) is 3.62. The third kappa shape index (κ3) is 3.21. The van der Waals surface area contributed by atoms with Crippen molar-refractivity contribution in [3.63, 3.8) is 0 Å². The average molecular weight is 362 g/mol. The molecule has 0 saturated heterocycles. The van der Waals surface area contributed by atoms with Gasteiger partial charge in [0, 0.05) is 4.47 Å². The van der Waals surface area contributed by atoms with Crippen LogP contribution in [0.2, 0.25) is 0 Å².